The molecule has 0 amide bonds. The fourth-order valence-corrected chi connectivity index (χ4v) is 4.55. The maximum atomic E-state index is 14.8. The molecule has 31 heavy (non-hydrogen) atoms. The summed E-state index contributed by atoms with van der Waals surface area (Å²) in [6, 6.07) is 13.0. The molecule has 2 aromatic carbocycles. The molecular formula is C25H26FNO4. The minimum Gasteiger partial charge on any atom is -0.481 e. The third-order valence-corrected chi connectivity index (χ3v) is 6.38. The molecule has 2 fully saturated rings. The summed E-state index contributed by atoms with van der Waals surface area (Å²) in [5.41, 5.74) is 3.07. The van der Waals surface area contributed by atoms with Gasteiger partial charge in [0.1, 0.15) is 17.2 Å². The fourth-order valence-electron chi connectivity index (χ4n) is 4.55. The van der Waals surface area contributed by atoms with E-state index in [-0.39, 0.29) is 11.7 Å². The first-order valence-corrected chi connectivity index (χ1v) is 10.9. The van der Waals surface area contributed by atoms with Gasteiger partial charge in [-0.1, -0.05) is 25.0 Å². The Bertz CT molecular complexity index is 1100. The van der Waals surface area contributed by atoms with E-state index in [1.54, 1.807) is 6.07 Å². The Morgan fingerprint density at radius 1 is 1.10 bits per heavy atom. The standard InChI is InChI=1S/C25H26FNO4/c26-22-10-16(12-27-13-19(14-27)25(28)29)5-7-21(22)24-11-18-9-17(6-8-23(18)31-24)15-30-20-3-1-2-4-20/h5-11,19-20H,1-4,12-15H2,(H,28,29). The number of nitrogens with zero attached hydrogens (tertiary/aromatic N) is 1. The summed E-state index contributed by atoms with van der Waals surface area (Å²) < 4.78 is 26.7. The molecular weight excluding hydrogens is 397 g/mol. The van der Waals surface area contributed by atoms with Crippen LogP contribution in [0.5, 0.6) is 0 Å². The van der Waals surface area contributed by atoms with Crippen LogP contribution in [-0.2, 0) is 22.7 Å². The van der Waals surface area contributed by atoms with Crippen molar-refractivity contribution in [2.75, 3.05) is 13.1 Å². The smallest absolute Gasteiger partial charge is 0.309 e. The van der Waals surface area contributed by atoms with Gasteiger partial charge in [0.25, 0.3) is 0 Å². The first kappa shape index (κ1) is 20.2. The van der Waals surface area contributed by atoms with E-state index >= 15 is 0 Å². The van der Waals surface area contributed by atoms with Crippen molar-refractivity contribution in [2.24, 2.45) is 5.92 Å². The normalized spacial score (nSPS) is 18.0. The number of carboxylic acids is 1. The molecule has 5 rings (SSSR count). The second-order valence-corrected chi connectivity index (χ2v) is 8.74. The zero-order valence-electron chi connectivity index (χ0n) is 17.4. The van der Waals surface area contributed by atoms with Crippen molar-refractivity contribution in [2.45, 2.75) is 44.9 Å². The Morgan fingerprint density at radius 2 is 1.87 bits per heavy atom. The van der Waals surface area contributed by atoms with Crippen LogP contribution in [-0.4, -0.2) is 35.2 Å². The van der Waals surface area contributed by atoms with Crippen LogP contribution >= 0.6 is 0 Å². The minimum absolute atomic E-state index is 0.312. The van der Waals surface area contributed by atoms with E-state index in [2.05, 4.69) is 0 Å². The quantitative estimate of drug-likeness (QED) is 0.565. The van der Waals surface area contributed by atoms with Gasteiger partial charge in [0.15, 0.2) is 0 Å². The number of halogens is 1. The predicted molar refractivity (Wildman–Crippen MR) is 115 cm³/mol. The van der Waals surface area contributed by atoms with Gasteiger partial charge in [-0.25, -0.2) is 4.39 Å². The van der Waals surface area contributed by atoms with E-state index < -0.39 is 5.97 Å². The Labute approximate surface area is 180 Å². The molecule has 5 nitrogen and oxygen atoms in total. The van der Waals surface area contributed by atoms with Crippen LogP contribution in [0.1, 0.15) is 36.8 Å². The third-order valence-electron chi connectivity index (χ3n) is 6.38. The van der Waals surface area contributed by atoms with Gasteiger partial charge in [-0.2, -0.15) is 0 Å². The lowest BCUT2D eigenvalue weighted by Gasteiger charge is -2.36. The Hall–Kier alpha value is -2.70. The van der Waals surface area contributed by atoms with Gasteiger partial charge in [-0.05, 0) is 54.3 Å². The zero-order chi connectivity index (χ0) is 21.4. The van der Waals surface area contributed by atoms with Gasteiger partial charge < -0.3 is 14.3 Å². The zero-order valence-corrected chi connectivity index (χ0v) is 17.4. The van der Waals surface area contributed by atoms with Crippen LogP contribution in [0.2, 0.25) is 0 Å². The molecule has 0 atom stereocenters. The second kappa shape index (κ2) is 8.44. The van der Waals surface area contributed by atoms with Crippen LogP contribution < -0.4 is 0 Å². The van der Waals surface area contributed by atoms with Gasteiger partial charge in [0.05, 0.1) is 24.2 Å². The molecule has 0 unspecified atom stereocenters. The van der Waals surface area contributed by atoms with Crippen molar-refractivity contribution >= 4 is 16.9 Å². The Kier molecular flexibility index (Phi) is 5.50. The van der Waals surface area contributed by atoms with Crippen molar-refractivity contribution in [3.63, 3.8) is 0 Å². The van der Waals surface area contributed by atoms with Gasteiger partial charge in [-0.3, -0.25) is 9.69 Å². The monoisotopic (exact) mass is 423 g/mol. The average molecular weight is 423 g/mol. The molecule has 1 aliphatic heterocycles. The highest BCUT2D eigenvalue weighted by atomic mass is 19.1. The highest BCUT2D eigenvalue weighted by molar-refractivity contribution is 5.83. The maximum Gasteiger partial charge on any atom is 0.309 e. The number of carbonyl (C=O) groups is 1. The molecule has 2 aliphatic rings. The van der Waals surface area contributed by atoms with E-state index in [9.17, 15) is 9.18 Å². The lowest BCUT2D eigenvalue weighted by molar-refractivity contribution is -0.147. The number of hydrogen-bond acceptors (Lipinski definition) is 4. The van der Waals surface area contributed by atoms with E-state index in [0.717, 1.165) is 34.9 Å². The van der Waals surface area contributed by atoms with E-state index in [4.69, 9.17) is 14.3 Å². The predicted octanol–water partition coefficient (Wildman–Crippen LogP) is 5.21. The fraction of sp³-hybridized carbons (Fsp3) is 0.400. The lowest BCUT2D eigenvalue weighted by atomic mass is 9.99. The summed E-state index contributed by atoms with van der Waals surface area (Å²) >= 11 is 0. The largest absolute Gasteiger partial charge is 0.481 e. The number of fused-ring (bicyclic) bond motifs is 1. The van der Waals surface area contributed by atoms with Crippen molar-refractivity contribution in [3.05, 3.63) is 59.4 Å². The number of hydrogen-bond donors (Lipinski definition) is 1. The Morgan fingerprint density at radius 3 is 2.61 bits per heavy atom. The summed E-state index contributed by atoms with van der Waals surface area (Å²) in [7, 11) is 0. The summed E-state index contributed by atoms with van der Waals surface area (Å²) in [5, 5.41) is 9.91. The summed E-state index contributed by atoms with van der Waals surface area (Å²) in [5.74, 6) is -0.913. The molecule has 0 bridgehead atoms. The van der Waals surface area contributed by atoms with Crippen molar-refractivity contribution < 1.29 is 23.4 Å². The first-order chi connectivity index (χ1) is 15.0. The van der Waals surface area contributed by atoms with E-state index in [0.29, 0.717) is 43.7 Å². The molecule has 1 aliphatic carbocycles. The molecule has 1 saturated carbocycles. The van der Waals surface area contributed by atoms with Gasteiger partial charge >= 0.3 is 5.97 Å². The molecule has 6 heteroatoms. The third kappa shape index (κ3) is 4.36. The molecule has 2 heterocycles. The number of carboxylic acid groups (broad SMARTS) is 1. The SMILES string of the molecule is O=C(O)C1CN(Cc2ccc(-c3cc4cc(COC5CCCC5)ccc4o3)c(F)c2)C1. The topological polar surface area (TPSA) is 62.9 Å². The van der Waals surface area contributed by atoms with Gasteiger partial charge in [-0.15, -0.1) is 0 Å². The average Bonchev–Trinajstić information content (AvgIpc) is 3.37. The maximum absolute atomic E-state index is 14.8. The molecule has 1 N–H and O–H groups in total. The Balaban J connectivity index is 1.27. The molecule has 1 saturated heterocycles. The molecule has 3 aromatic rings. The number of rotatable bonds is 7. The summed E-state index contributed by atoms with van der Waals surface area (Å²) in [6.45, 7) is 2.15. The number of benzene rings is 2. The van der Waals surface area contributed by atoms with Crippen LogP contribution in [0.25, 0.3) is 22.3 Å². The number of furan rings is 1. The van der Waals surface area contributed by atoms with Crippen molar-refractivity contribution in [1.82, 2.24) is 4.90 Å². The molecule has 0 spiro atoms. The number of aliphatic carboxylic acids is 1. The highest BCUT2D eigenvalue weighted by Crippen LogP contribution is 2.32. The minimum atomic E-state index is -0.768. The van der Waals surface area contributed by atoms with Crippen molar-refractivity contribution in [3.8, 4) is 11.3 Å². The van der Waals surface area contributed by atoms with E-state index in [1.165, 1.54) is 18.9 Å². The van der Waals surface area contributed by atoms with Gasteiger partial charge in [0.2, 0.25) is 0 Å². The van der Waals surface area contributed by atoms with Crippen LogP contribution in [0.15, 0.2) is 46.9 Å². The van der Waals surface area contributed by atoms with Crippen LogP contribution in [0.3, 0.4) is 0 Å². The lowest BCUT2D eigenvalue weighted by Crippen LogP contribution is -2.49. The summed E-state index contributed by atoms with van der Waals surface area (Å²) in [6.07, 6.45) is 5.16. The molecule has 1 aromatic heterocycles. The van der Waals surface area contributed by atoms with Gasteiger partial charge in [0, 0.05) is 25.0 Å². The highest BCUT2D eigenvalue weighted by Gasteiger charge is 2.32. The second-order valence-electron chi connectivity index (χ2n) is 8.74. The van der Waals surface area contributed by atoms with E-state index in [1.807, 2.05) is 35.2 Å². The number of ether oxygens (including phenoxy) is 1. The van der Waals surface area contributed by atoms with Crippen LogP contribution in [0.4, 0.5) is 4.39 Å². The first-order valence-electron chi connectivity index (χ1n) is 10.9. The van der Waals surface area contributed by atoms with Crippen molar-refractivity contribution in [1.29, 1.82) is 0 Å². The molecule has 162 valence electrons. The van der Waals surface area contributed by atoms with Crippen LogP contribution in [0, 0.1) is 11.7 Å². The number of likely N-dealkylation sites (tertiary alicyclic amines) is 1. The molecule has 0 radical (unpaired) electrons. The summed E-state index contributed by atoms with van der Waals surface area (Å²) in [4.78, 5) is 12.9.